The maximum absolute atomic E-state index is 5.83. The molecule has 0 amide bonds. The molecule has 1 aliphatic heterocycles. The molecule has 0 radical (unpaired) electrons. The zero-order valence-electron chi connectivity index (χ0n) is 11.8. The molecule has 1 aliphatic rings. The SMILES string of the molecule is CN(C)CC1CCN(c2ncc(Br)cc2CN)CC1. The normalized spacial score (nSPS) is 17.2. The summed E-state index contributed by atoms with van der Waals surface area (Å²) in [5.41, 5.74) is 6.95. The van der Waals surface area contributed by atoms with E-state index in [9.17, 15) is 0 Å². The number of anilines is 1. The van der Waals surface area contributed by atoms with E-state index >= 15 is 0 Å². The average molecular weight is 327 g/mol. The molecular formula is C14H23BrN4. The molecule has 0 spiro atoms. The number of rotatable bonds is 4. The highest BCUT2D eigenvalue weighted by molar-refractivity contribution is 9.10. The fourth-order valence-corrected chi connectivity index (χ4v) is 3.13. The Balaban J connectivity index is 2.01. The molecule has 2 heterocycles. The third-order valence-electron chi connectivity index (χ3n) is 3.67. The molecule has 4 nitrogen and oxygen atoms in total. The summed E-state index contributed by atoms with van der Waals surface area (Å²) < 4.78 is 0.999. The van der Waals surface area contributed by atoms with Crippen LogP contribution in [-0.4, -0.2) is 43.6 Å². The molecule has 0 atom stereocenters. The summed E-state index contributed by atoms with van der Waals surface area (Å²) in [6, 6.07) is 2.08. The predicted molar refractivity (Wildman–Crippen MR) is 83.3 cm³/mol. The number of hydrogen-bond donors (Lipinski definition) is 1. The molecule has 0 bridgehead atoms. The van der Waals surface area contributed by atoms with E-state index < -0.39 is 0 Å². The van der Waals surface area contributed by atoms with Crippen LogP contribution < -0.4 is 10.6 Å². The van der Waals surface area contributed by atoms with Crippen LogP contribution in [-0.2, 0) is 6.54 Å². The van der Waals surface area contributed by atoms with Gasteiger partial charge in [0.15, 0.2) is 0 Å². The maximum Gasteiger partial charge on any atom is 0.133 e. The highest BCUT2D eigenvalue weighted by Gasteiger charge is 2.22. The molecule has 1 saturated heterocycles. The van der Waals surface area contributed by atoms with Crippen molar-refractivity contribution in [2.75, 3.05) is 38.6 Å². The lowest BCUT2D eigenvalue weighted by atomic mass is 9.96. The molecule has 2 rings (SSSR count). The Morgan fingerprint density at radius 1 is 1.42 bits per heavy atom. The third kappa shape index (κ3) is 3.91. The van der Waals surface area contributed by atoms with Crippen LogP contribution in [0.3, 0.4) is 0 Å². The number of nitrogens with zero attached hydrogens (tertiary/aromatic N) is 3. The number of pyridine rings is 1. The van der Waals surface area contributed by atoms with Crippen molar-refractivity contribution in [3.8, 4) is 0 Å². The van der Waals surface area contributed by atoms with Crippen LogP contribution in [0.25, 0.3) is 0 Å². The van der Waals surface area contributed by atoms with Crippen molar-refractivity contribution in [3.63, 3.8) is 0 Å². The molecule has 106 valence electrons. The van der Waals surface area contributed by atoms with Crippen molar-refractivity contribution in [1.82, 2.24) is 9.88 Å². The molecule has 1 aromatic rings. The minimum atomic E-state index is 0.541. The lowest BCUT2D eigenvalue weighted by Crippen LogP contribution is -2.38. The highest BCUT2D eigenvalue weighted by atomic mass is 79.9. The van der Waals surface area contributed by atoms with Crippen molar-refractivity contribution >= 4 is 21.7 Å². The largest absolute Gasteiger partial charge is 0.356 e. The van der Waals surface area contributed by atoms with Gasteiger partial charge in [0, 0.05) is 42.4 Å². The minimum Gasteiger partial charge on any atom is -0.356 e. The summed E-state index contributed by atoms with van der Waals surface area (Å²) in [6.07, 6.45) is 4.33. The molecule has 0 aromatic carbocycles. The van der Waals surface area contributed by atoms with E-state index in [2.05, 4.69) is 50.9 Å². The maximum atomic E-state index is 5.83. The fraction of sp³-hybridized carbons (Fsp3) is 0.643. The summed E-state index contributed by atoms with van der Waals surface area (Å²) in [6.45, 7) is 3.89. The van der Waals surface area contributed by atoms with Gasteiger partial charge in [-0.1, -0.05) is 0 Å². The van der Waals surface area contributed by atoms with Gasteiger partial charge in [-0.2, -0.15) is 0 Å². The van der Waals surface area contributed by atoms with Gasteiger partial charge in [0.2, 0.25) is 0 Å². The number of halogens is 1. The smallest absolute Gasteiger partial charge is 0.133 e. The van der Waals surface area contributed by atoms with Crippen LogP contribution in [0.15, 0.2) is 16.7 Å². The van der Waals surface area contributed by atoms with Crippen molar-refractivity contribution < 1.29 is 0 Å². The lowest BCUT2D eigenvalue weighted by molar-refractivity contribution is 0.284. The Morgan fingerprint density at radius 3 is 2.68 bits per heavy atom. The van der Waals surface area contributed by atoms with Gasteiger partial charge >= 0.3 is 0 Å². The van der Waals surface area contributed by atoms with E-state index in [1.54, 1.807) is 0 Å². The van der Waals surface area contributed by atoms with E-state index in [1.165, 1.54) is 19.4 Å². The Labute approximate surface area is 124 Å². The molecule has 19 heavy (non-hydrogen) atoms. The highest BCUT2D eigenvalue weighted by Crippen LogP contribution is 2.26. The van der Waals surface area contributed by atoms with E-state index in [-0.39, 0.29) is 0 Å². The van der Waals surface area contributed by atoms with Gasteiger partial charge in [-0.05, 0) is 54.9 Å². The van der Waals surface area contributed by atoms with Crippen LogP contribution in [0.2, 0.25) is 0 Å². The molecule has 0 aliphatic carbocycles. The van der Waals surface area contributed by atoms with Crippen molar-refractivity contribution in [2.45, 2.75) is 19.4 Å². The molecule has 1 fully saturated rings. The van der Waals surface area contributed by atoms with Gasteiger partial charge in [0.05, 0.1) is 0 Å². The first kappa shape index (κ1) is 14.8. The van der Waals surface area contributed by atoms with Gasteiger partial charge < -0.3 is 15.5 Å². The summed E-state index contributed by atoms with van der Waals surface area (Å²) in [4.78, 5) is 9.20. The molecular weight excluding hydrogens is 304 g/mol. The van der Waals surface area contributed by atoms with Crippen LogP contribution in [0.5, 0.6) is 0 Å². The topological polar surface area (TPSA) is 45.4 Å². The predicted octanol–water partition coefficient (Wildman–Crippen LogP) is 2.08. The molecule has 0 unspecified atom stereocenters. The van der Waals surface area contributed by atoms with E-state index in [0.717, 1.165) is 34.9 Å². The Kier molecular flexibility index (Phi) is 5.19. The quantitative estimate of drug-likeness (QED) is 0.920. The minimum absolute atomic E-state index is 0.541. The second kappa shape index (κ2) is 6.68. The first-order valence-corrected chi connectivity index (χ1v) is 7.63. The van der Waals surface area contributed by atoms with E-state index in [0.29, 0.717) is 6.54 Å². The van der Waals surface area contributed by atoms with Crippen LogP contribution in [0.1, 0.15) is 18.4 Å². The number of nitrogens with two attached hydrogens (primary N) is 1. The second-order valence-electron chi connectivity index (χ2n) is 5.53. The van der Waals surface area contributed by atoms with Crippen LogP contribution in [0, 0.1) is 5.92 Å². The van der Waals surface area contributed by atoms with E-state index in [4.69, 9.17) is 5.73 Å². The average Bonchev–Trinajstić information content (AvgIpc) is 2.39. The summed E-state index contributed by atoms with van der Waals surface area (Å²) in [7, 11) is 4.30. The standard InChI is InChI=1S/C14H23BrN4/c1-18(2)10-11-3-5-19(6-4-11)14-12(8-16)7-13(15)9-17-14/h7,9,11H,3-6,8,10,16H2,1-2H3. The van der Waals surface area contributed by atoms with Gasteiger partial charge in [-0.25, -0.2) is 4.98 Å². The van der Waals surface area contributed by atoms with Crippen molar-refractivity contribution in [3.05, 3.63) is 22.3 Å². The van der Waals surface area contributed by atoms with Crippen LogP contribution in [0.4, 0.5) is 5.82 Å². The Hall–Kier alpha value is -0.650. The fourth-order valence-electron chi connectivity index (χ4n) is 2.75. The number of aromatic nitrogens is 1. The van der Waals surface area contributed by atoms with Gasteiger partial charge in [-0.15, -0.1) is 0 Å². The van der Waals surface area contributed by atoms with Crippen LogP contribution >= 0.6 is 15.9 Å². The first-order chi connectivity index (χ1) is 9.10. The zero-order chi connectivity index (χ0) is 13.8. The Morgan fingerprint density at radius 2 is 2.11 bits per heavy atom. The van der Waals surface area contributed by atoms with Gasteiger partial charge in [-0.3, -0.25) is 0 Å². The molecule has 1 aromatic heterocycles. The molecule has 2 N–H and O–H groups in total. The van der Waals surface area contributed by atoms with Crippen molar-refractivity contribution in [2.24, 2.45) is 11.7 Å². The van der Waals surface area contributed by atoms with E-state index in [1.807, 2.05) is 6.20 Å². The lowest BCUT2D eigenvalue weighted by Gasteiger charge is -2.34. The third-order valence-corrected chi connectivity index (χ3v) is 4.10. The van der Waals surface area contributed by atoms with Gasteiger partial charge in [0.1, 0.15) is 5.82 Å². The van der Waals surface area contributed by atoms with Gasteiger partial charge in [0.25, 0.3) is 0 Å². The Bertz CT molecular complexity index is 414. The molecule has 0 saturated carbocycles. The number of hydrogen-bond acceptors (Lipinski definition) is 4. The zero-order valence-corrected chi connectivity index (χ0v) is 13.4. The second-order valence-corrected chi connectivity index (χ2v) is 6.45. The summed E-state index contributed by atoms with van der Waals surface area (Å²) >= 11 is 3.46. The summed E-state index contributed by atoms with van der Waals surface area (Å²) in [5, 5.41) is 0. The van der Waals surface area contributed by atoms with Crippen molar-refractivity contribution in [1.29, 1.82) is 0 Å². The molecule has 5 heteroatoms. The summed E-state index contributed by atoms with van der Waals surface area (Å²) in [5.74, 6) is 1.87. The first-order valence-electron chi connectivity index (χ1n) is 6.84. The number of piperidine rings is 1. The monoisotopic (exact) mass is 326 g/mol.